The van der Waals surface area contributed by atoms with E-state index < -0.39 is 0 Å². The van der Waals surface area contributed by atoms with E-state index in [1.165, 1.54) is 24.1 Å². The third-order valence-electron chi connectivity index (χ3n) is 4.38. The van der Waals surface area contributed by atoms with Gasteiger partial charge in [-0.1, -0.05) is 12.5 Å². The van der Waals surface area contributed by atoms with Crippen LogP contribution in [0.15, 0.2) is 18.2 Å². The molecule has 25 heavy (non-hydrogen) atoms. The summed E-state index contributed by atoms with van der Waals surface area (Å²) in [5.41, 5.74) is 2.12. The van der Waals surface area contributed by atoms with Crippen LogP contribution in [-0.4, -0.2) is 24.2 Å². The normalized spacial score (nSPS) is 15.8. The summed E-state index contributed by atoms with van der Waals surface area (Å²) in [6, 6.07) is 5.47. The fourth-order valence-corrected chi connectivity index (χ4v) is 4.15. The van der Waals surface area contributed by atoms with Gasteiger partial charge in [0, 0.05) is 11.4 Å². The quantitative estimate of drug-likeness (QED) is 0.823. The number of aryl methyl sites for hydroxylation is 2. The molecule has 1 aromatic heterocycles. The summed E-state index contributed by atoms with van der Waals surface area (Å²) >= 11 is 1.60. The Balaban J connectivity index is 1.33. The third-order valence-corrected chi connectivity index (χ3v) is 5.45. The van der Waals surface area contributed by atoms with Crippen molar-refractivity contribution in [3.8, 4) is 11.5 Å². The number of hydrogen-bond donors (Lipinski definition) is 2. The molecule has 0 spiro atoms. The standard InChI is InChI=1S/C18H21N3O3S/c22-17(21-18-20-13-4-2-1-3-5-16(13)25-18)19-11-12-6-7-14-15(10-12)24-9-8-23-14/h6-7,10H,1-5,8-9,11H2,(H2,19,20,21,22). The van der Waals surface area contributed by atoms with Crippen molar-refractivity contribution in [3.63, 3.8) is 0 Å². The first kappa shape index (κ1) is 16.2. The van der Waals surface area contributed by atoms with E-state index in [4.69, 9.17) is 9.47 Å². The van der Waals surface area contributed by atoms with Gasteiger partial charge < -0.3 is 14.8 Å². The number of aromatic nitrogens is 1. The zero-order valence-corrected chi connectivity index (χ0v) is 14.8. The number of nitrogens with zero attached hydrogens (tertiary/aromatic N) is 1. The minimum absolute atomic E-state index is 0.237. The molecule has 4 rings (SSSR count). The zero-order chi connectivity index (χ0) is 17.1. The zero-order valence-electron chi connectivity index (χ0n) is 14.0. The highest BCUT2D eigenvalue weighted by molar-refractivity contribution is 7.15. The average molecular weight is 359 g/mol. The van der Waals surface area contributed by atoms with E-state index in [-0.39, 0.29) is 6.03 Å². The van der Waals surface area contributed by atoms with E-state index in [9.17, 15) is 4.79 Å². The Labute approximate surface area is 150 Å². The van der Waals surface area contributed by atoms with Crippen LogP contribution in [0.3, 0.4) is 0 Å². The molecule has 2 N–H and O–H groups in total. The van der Waals surface area contributed by atoms with Gasteiger partial charge in [0.1, 0.15) is 13.2 Å². The van der Waals surface area contributed by atoms with Crippen molar-refractivity contribution < 1.29 is 14.3 Å². The maximum Gasteiger partial charge on any atom is 0.321 e. The highest BCUT2D eigenvalue weighted by atomic mass is 32.1. The highest BCUT2D eigenvalue weighted by Gasteiger charge is 2.16. The largest absolute Gasteiger partial charge is 0.486 e. The number of amides is 2. The Morgan fingerprint density at radius 3 is 2.88 bits per heavy atom. The monoisotopic (exact) mass is 359 g/mol. The van der Waals surface area contributed by atoms with Crippen molar-refractivity contribution in [2.45, 2.75) is 38.6 Å². The molecule has 2 aromatic rings. The first-order valence-corrected chi connectivity index (χ1v) is 9.51. The molecule has 0 bridgehead atoms. The SMILES string of the molecule is O=C(NCc1ccc2c(c1)OCCO2)Nc1nc2c(s1)CCCCC2. The number of urea groups is 1. The molecule has 2 amide bonds. The van der Waals surface area contributed by atoms with Crippen LogP contribution in [0.2, 0.25) is 0 Å². The highest BCUT2D eigenvalue weighted by Crippen LogP contribution is 2.31. The number of nitrogens with one attached hydrogen (secondary N) is 2. The number of ether oxygens (including phenoxy) is 2. The smallest absolute Gasteiger partial charge is 0.321 e. The van der Waals surface area contributed by atoms with Crippen molar-refractivity contribution in [2.75, 3.05) is 18.5 Å². The summed E-state index contributed by atoms with van der Waals surface area (Å²) in [6.45, 7) is 1.55. The Kier molecular flexibility index (Phi) is 4.74. The second-order valence-corrected chi connectivity index (χ2v) is 7.32. The van der Waals surface area contributed by atoms with Crippen LogP contribution in [0.25, 0.3) is 0 Å². The molecular weight excluding hydrogens is 338 g/mol. The molecule has 0 saturated heterocycles. The molecule has 6 nitrogen and oxygen atoms in total. The van der Waals surface area contributed by atoms with Crippen LogP contribution in [0.4, 0.5) is 9.93 Å². The van der Waals surface area contributed by atoms with Gasteiger partial charge in [0.15, 0.2) is 16.6 Å². The van der Waals surface area contributed by atoms with Crippen LogP contribution in [0, 0.1) is 0 Å². The second-order valence-electron chi connectivity index (χ2n) is 6.24. The Bertz CT molecular complexity index is 751. The van der Waals surface area contributed by atoms with Crippen molar-refractivity contribution in [1.29, 1.82) is 0 Å². The number of carbonyl (C=O) groups is 1. The topological polar surface area (TPSA) is 72.5 Å². The third kappa shape index (κ3) is 3.87. The van der Waals surface area contributed by atoms with Gasteiger partial charge in [-0.3, -0.25) is 5.32 Å². The van der Waals surface area contributed by atoms with Crippen molar-refractivity contribution in [3.05, 3.63) is 34.3 Å². The van der Waals surface area contributed by atoms with Crippen molar-refractivity contribution in [1.82, 2.24) is 10.3 Å². The van der Waals surface area contributed by atoms with E-state index in [1.54, 1.807) is 11.3 Å². The molecule has 132 valence electrons. The molecule has 1 aliphatic heterocycles. The van der Waals surface area contributed by atoms with Crippen LogP contribution in [0.1, 0.15) is 35.4 Å². The Hall–Kier alpha value is -2.28. The van der Waals surface area contributed by atoms with Gasteiger partial charge in [-0.05, 0) is 43.4 Å². The number of hydrogen-bond acceptors (Lipinski definition) is 5. The predicted octanol–water partition coefficient (Wildman–Crippen LogP) is 3.50. The first-order valence-electron chi connectivity index (χ1n) is 8.70. The fraction of sp³-hybridized carbons (Fsp3) is 0.444. The van der Waals surface area contributed by atoms with Gasteiger partial charge in [-0.2, -0.15) is 0 Å². The van der Waals surface area contributed by atoms with Gasteiger partial charge >= 0.3 is 6.03 Å². The number of thiazole rings is 1. The summed E-state index contributed by atoms with van der Waals surface area (Å²) in [5, 5.41) is 6.41. The Morgan fingerprint density at radius 1 is 1.12 bits per heavy atom. The molecule has 7 heteroatoms. The van der Waals surface area contributed by atoms with Crippen LogP contribution in [0.5, 0.6) is 11.5 Å². The Morgan fingerprint density at radius 2 is 1.96 bits per heavy atom. The predicted molar refractivity (Wildman–Crippen MR) is 96.7 cm³/mol. The van der Waals surface area contributed by atoms with Crippen molar-refractivity contribution >= 4 is 22.5 Å². The molecule has 0 saturated carbocycles. The summed E-state index contributed by atoms with van der Waals surface area (Å²) in [6.07, 6.45) is 5.76. The molecule has 0 fully saturated rings. The maximum absolute atomic E-state index is 12.1. The lowest BCUT2D eigenvalue weighted by Gasteiger charge is -2.18. The van der Waals surface area contributed by atoms with Gasteiger partial charge in [0.05, 0.1) is 5.69 Å². The van der Waals surface area contributed by atoms with Crippen molar-refractivity contribution in [2.24, 2.45) is 0 Å². The first-order chi connectivity index (χ1) is 12.3. The summed E-state index contributed by atoms with van der Waals surface area (Å²) in [7, 11) is 0. The molecule has 2 heterocycles. The minimum Gasteiger partial charge on any atom is -0.486 e. The van der Waals surface area contributed by atoms with E-state index in [2.05, 4.69) is 15.6 Å². The van der Waals surface area contributed by atoms with E-state index in [0.717, 1.165) is 35.6 Å². The molecule has 0 atom stereocenters. The van der Waals surface area contributed by atoms with E-state index >= 15 is 0 Å². The van der Waals surface area contributed by atoms with Gasteiger partial charge in [-0.15, -0.1) is 11.3 Å². The number of anilines is 1. The molecular formula is C18H21N3O3S. The van der Waals surface area contributed by atoms with Gasteiger partial charge in [0.25, 0.3) is 0 Å². The fourth-order valence-electron chi connectivity index (χ4n) is 3.10. The number of fused-ring (bicyclic) bond motifs is 2. The number of rotatable bonds is 3. The van der Waals surface area contributed by atoms with E-state index in [1.807, 2.05) is 18.2 Å². The second kappa shape index (κ2) is 7.31. The lowest BCUT2D eigenvalue weighted by atomic mass is 10.2. The lowest BCUT2D eigenvalue weighted by Crippen LogP contribution is -2.28. The maximum atomic E-state index is 12.1. The average Bonchev–Trinajstić information content (AvgIpc) is 2.88. The molecule has 0 radical (unpaired) electrons. The number of benzene rings is 1. The summed E-state index contributed by atoms with van der Waals surface area (Å²) in [5.74, 6) is 1.48. The van der Waals surface area contributed by atoms with Crippen LogP contribution < -0.4 is 20.1 Å². The van der Waals surface area contributed by atoms with Gasteiger partial charge in [0.2, 0.25) is 0 Å². The minimum atomic E-state index is -0.237. The molecule has 2 aliphatic rings. The molecule has 1 aromatic carbocycles. The van der Waals surface area contributed by atoms with E-state index in [0.29, 0.717) is 24.9 Å². The van der Waals surface area contributed by atoms with Crippen LogP contribution in [-0.2, 0) is 19.4 Å². The van der Waals surface area contributed by atoms with Crippen LogP contribution >= 0.6 is 11.3 Å². The summed E-state index contributed by atoms with van der Waals surface area (Å²) in [4.78, 5) is 18.0. The molecule has 1 aliphatic carbocycles. The van der Waals surface area contributed by atoms with Gasteiger partial charge in [-0.25, -0.2) is 9.78 Å². The number of carbonyl (C=O) groups excluding carboxylic acids is 1. The summed E-state index contributed by atoms with van der Waals surface area (Å²) < 4.78 is 11.1. The lowest BCUT2D eigenvalue weighted by molar-refractivity contribution is 0.171. The molecule has 0 unspecified atom stereocenters.